The Bertz CT molecular complexity index is 1060. The number of Topliss-reactive ketones (excluding diaryl/α,β-unsaturated/α-hetero) is 1. The number of ether oxygens (including phenoxy) is 2. The molecular formula is C20H25N5O6S. The van der Waals surface area contributed by atoms with Crippen LogP contribution in [0.1, 0.15) is 26.5 Å². The number of carbonyl (C=O) groups excluding carboxylic acids is 2. The van der Waals surface area contributed by atoms with Crippen molar-refractivity contribution in [3.05, 3.63) is 24.2 Å². The average Bonchev–Trinajstić information content (AvgIpc) is 3.27. The molecule has 0 aromatic carbocycles. The maximum atomic E-state index is 12.0. The first-order valence-corrected chi connectivity index (χ1v) is 11.0. The zero-order chi connectivity index (χ0) is 23.7. The summed E-state index contributed by atoms with van der Waals surface area (Å²) >= 11 is 1.13. The molecule has 0 saturated carbocycles. The number of thioether (sulfide) groups is 1. The van der Waals surface area contributed by atoms with Gasteiger partial charge in [0.15, 0.2) is 5.82 Å². The largest absolute Gasteiger partial charge is 0.462 e. The van der Waals surface area contributed by atoms with Crippen LogP contribution in [0.5, 0.6) is 0 Å². The summed E-state index contributed by atoms with van der Waals surface area (Å²) < 4.78 is 12.2. The first kappa shape index (κ1) is 23.9. The van der Waals surface area contributed by atoms with Crippen molar-refractivity contribution in [1.82, 2.24) is 14.6 Å². The van der Waals surface area contributed by atoms with Crippen LogP contribution in [0.25, 0.3) is 5.52 Å². The van der Waals surface area contributed by atoms with Gasteiger partial charge in [-0.1, -0.05) is 20.8 Å². The number of carbonyl (C=O) groups is 2. The molecule has 0 unspecified atom stereocenters. The monoisotopic (exact) mass is 463 g/mol. The number of fused-ring (bicyclic) bond motifs is 1. The van der Waals surface area contributed by atoms with E-state index in [0.29, 0.717) is 5.52 Å². The van der Waals surface area contributed by atoms with Crippen molar-refractivity contribution in [2.45, 2.75) is 44.7 Å². The number of rotatable bonds is 7. The van der Waals surface area contributed by atoms with Crippen molar-refractivity contribution in [2.24, 2.45) is 5.41 Å². The van der Waals surface area contributed by atoms with Crippen LogP contribution in [-0.4, -0.2) is 73.0 Å². The Kier molecular flexibility index (Phi) is 6.75. The summed E-state index contributed by atoms with van der Waals surface area (Å²) in [7, 11) is 0. The van der Waals surface area contributed by atoms with E-state index < -0.39 is 35.3 Å². The van der Waals surface area contributed by atoms with E-state index >= 15 is 0 Å². The summed E-state index contributed by atoms with van der Waals surface area (Å²) in [6.45, 7) is 5.02. The number of hydrogen-bond acceptors (Lipinski definition) is 11. The van der Waals surface area contributed by atoms with Crippen molar-refractivity contribution in [3.8, 4) is 6.07 Å². The molecule has 12 heteroatoms. The van der Waals surface area contributed by atoms with E-state index in [0.717, 1.165) is 11.8 Å². The van der Waals surface area contributed by atoms with Gasteiger partial charge in [0.25, 0.3) is 0 Å². The lowest BCUT2D eigenvalue weighted by atomic mass is 9.92. The lowest BCUT2D eigenvalue weighted by Gasteiger charge is -2.24. The molecule has 4 N–H and O–H groups in total. The molecule has 2 aromatic rings. The number of anilines is 1. The Hall–Kier alpha value is -2.72. The number of aliphatic hydroxyl groups excluding tert-OH is 2. The van der Waals surface area contributed by atoms with E-state index in [9.17, 15) is 25.1 Å². The molecular weight excluding hydrogens is 438 g/mol. The highest BCUT2D eigenvalue weighted by Crippen LogP contribution is 2.40. The summed E-state index contributed by atoms with van der Waals surface area (Å²) in [5, 5.41) is 35.0. The highest BCUT2D eigenvalue weighted by Gasteiger charge is 2.57. The topological polar surface area (TPSA) is 173 Å². The molecule has 1 fully saturated rings. The van der Waals surface area contributed by atoms with Gasteiger partial charge in [-0.05, 0) is 12.1 Å². The molecule has 0 radical (unpaired) electrons. The Morgan fingerprint density at radius 1 is 1.38 bits per heavy atom. The van der Waals surface area contributed by atoms with Crippen molar-refractivity contribution in [3.63, 3.8) is 0 Å². The quantitative estimate of drug-likeness (QED) is 0.473. The minimum Gasteiger partial charge on any atom is -0.462 e. The first-order valence-electron chi connectivity index (χ1n) is 9.82. The van der Waals surface area contributed by atoms with Crippen molar-refractivity contribution in [1.29, 1.82) is 5.26 Å². The zero-order valence-electron chi connectivity index (χ0n) is 17.9. The number of nitrogens with two attached hydrogens (primary N) is 1. The molecule has 0 bridgehead atoms. The zero-order valence-corrected chi connectivity index (χ0v) is 18.7. The van der Waals surface area contributed by atoms with Gasteiger partial charge in [-0.25, -0.2) is 9.50 Å². The van der Waals surface area contributed by atoms with E-state index in [4.69, 9.17) is 15.2 Å². The summed E-state index contributed by atoms with van der Waals surface area (Å²) in [4.78, 5) is 27.8. The molecule has 0 aliphatic carbocycles. The Morgan fingerprint density at radius 2 is 2.09 bits per heavy atom. The minimum absolute atomic E-state index is 0.00986. The predicted molar refractivity (Wildman–Crippen MR) is 114 cm³/mol. The highest BCUT2D eigenvalue weighted by molar-refractivity contribution is 8.00. The maximum absolute atomic E-state index is 12.0. The number of nitriles is 1. The number of aromatic nitrogens is 3. The van der Waals surface area contributed by atoms with Crippen LogP contribution in [0.3, 0.4) is 0 Å². The lowest BCUT2D eigenvalue weighted by Crippen LogP contribution is -2.41. The Balaban J connectivity index is 1.66. The van der Waals surface area contributed by atoms with Gasteiger partial charge >= 0.3 is 5.97 Å². The second-order valence-corrected chi connectivity index (χ2v) is 9.43. The van der Waals surface area contributed by atoms with Crippen LogP contribution >= 0.6 is 11.8 Å². The highest BCUT2D eigenvalue weighted by atomic mass is 32.2. The van der Waals surface area contributed by atoms with Gasteiger partial charge in [-0.15, -0.1) is 11.8 Å². The molecule has 172 valence electrons. The normalized spacial score (nSPS) is 25.6. The number of ketones is 1. The van der Waals surface area contributed by atoms with Gasteiger partial charge in [-0.2, -0.15) is 10.4 Å². The average molecular weight is 464 g/mol. The number of aliphatic hydroxyl groups is 2. The van der Waals surface area contributed by atoms with Crippen molar-refractivity contribution < 1.29 is 29.3 Å². The van der Waals surface area contributed by atoms with E-state index in [2.05, 4.69) is 10.1 Å². The molecule has 1 aliphatic heterocycles. The maximum Gasteiger partial charge on any atom is 0.315 e. The van der Waals surface area contributed by atoms with Crippen LogP contribution in [-0.2, 0) is 24.7 Å². The van der Waals surface area contributed by atoms with E-state index in [1.165, 1.54) is 16.9 Å². The molecule has 4 atom stereocenters. The standard InChI is InChI=1S/C20H25N5O6S/c1-19(2,3)14(26)7-32-8-15(27)30-6-12-16(28)17(29)20(9-21,31-12)13-5-4-11-18(22)23-10-24-25(11)13/h4-5,10,12,16-17,28-29H,6-8H2,1-3H3,(H2,22,23,24)/t12-,16-,17-,20+/m1/s1. The molecule has 3 rings (SSSR count). The second kappa shape index (κ2) is 9.03. The fourth-order valence-corrected chi connectivity index (χ4v) is 4.18. The van der Waals surface area contributed by atoms with Gasteiger partial charge in [0.2, 0.25) is 5.60 Å². The first-order chi connectivity index (χ1) is 15.0. The van der Waals surface area contributed by atoms with Crippen LogP contribution in [0.15, 0.2) is 18.5 Å². The molecule has 1 aliphatic rings. The molecule has 0 spiro atoms. The number of esters is 1. The van der Waals surface area contributed by atoms with Gasteiger partial charge in [0.1, 0.15) is 48.6 Å². The third-order valence-electron chi connectivity index (χ3n) is 5.18. The summed E-state index contributed by atoms with van der Waals surface area (Å²) in [5.41, 5.74) is 3.92. The van der Waals surface area contributed by atoms with Gasteiger partial charge in [0, 0.05) is 5.41 Å². The Labute approximate surface area is 188 Å². The van der Waals surface area contributed by atoms with Crippen molar-refractivity contribution >= 4 is 34.8 Å². The molecule has 2 aromatic heterocycles. The lowest BCUT2D eigenvalue weighted by molar-refractivity contribution is -0.147. The van der Waals surface area contributed by atoms with Crippen molar-refractivity contribution in [2.75, 3.05) is 23.8 Å². The van der Waals surface area contributed by atoms with Crippen LogP contribution in [0.2, 0.25) is 0 Å². The third-order valence-corrected chi connectivity index (χ3v) is 6.09. The third kappa shape index (κ3) is 4.42. The Morgan fingerprint density at radius 3 is 2.75 bits per heavy atom. The smallest absolute Gasteiger partial charge is 0.315 e. The van der Waals surface area contributed by atoms with E-state index in [1.54, 1.807) is 26.8 Å². The summed E-state index contributed by atoms with van der Waals surface area (Å²) in [5.74, 6) is -0.319. The molecule has 3 heterocycles. The van der Waals surface area contributed by atoms with Gasteiger partial charge < -0.3 is 25.4 Å². The predicted octanol–water partition coefficient (Wildman–Crippen LogP) is 0.0426. The number of nitrogens with zero attached hydrogens (tertiary/aromatic N) is 4. The SMILES string of the molecule is CC(C)(C)C(=O)CSCC(=O)OC[C@H]1O[C@@](C#N)(c2ccc3c(N)ncnn23)[C@H](O)[C@@H]1O. The summed E-state index contributed by atoms with van der Waals surface area (Å²) in [6.07, 6.45) is -3.10. The van der Waals surface area contributed by atoms with E-state index in [-0.39, 0.29) is 35.4 Å². The van der Waals surface area contributed by atoms with Gasteiger partial charge in [-0.3, -0.25) is 9.59 Å². The molecule has 32 heavy (non-hydrogen) atoms. The fraction of sp³-hybridized carbons (Fsp3) is 0.550. The summed E-state index contributed by atoms with van der Waals surface area (Å²) in [6, 6.07) is 4.98. The molecule has 1 saturated heterocycles. The van der Waals surface area contributed by atoms with Gasteiger partial charge in [0.05, 0.1) is 17.2 Å². The molecule has 11 nitrogen and oxygen atoms in total. The second-order valence-electron chi connectivity index (χ2n) is 8.45. The minimum atomic E-state index is -1.96. The molecule has 0 amide bonds. The number of hydrogen-bond donors (Lipinski definition) is 3. The fourth-order valence-electron chi connectivity index (χ4n) is 3.21. The van der Waals surface area contributed by atoms with Crippen LogP contribution < -0.4 is 5.73 Å². The van der Waals surface area contributed by atoms with Crippen LogP contribution in [0, 0.1) is 16.7 Å². The van der Waals surface area contributed by atoms with Crippen LogP contribution in [0.4, 0.5) is 5.82 Å². The van der Waals surface area contributed by atoms with E-state index in [1.807, 2.05) is 6.07 Å². The number of nitrogen functional groups attached to an aromatic ring is 1.